The molecular weight excluding hydrogens is 350 g/mol. The Kier molecular flexibility index (Phi) is 7.49. The Morgan fingerprint density at radius 1 is 0.963 bits per heavy atom. The summed E-state index contributed by atoms with van der Waals surface area (Å²) in [7, 11) is 3.07. The molecule has 0 bridgehead atoms. The summed E-state index contributed by atoms with van der Waals surface area (Å²) < 4.78 is 20.7. The second-order valence-electron chi connectivity index (χ2n) is 5.69. The van der Waals surface area contributed by atoms with Crippen LogP contribution < -0.4 is 19.5 Å². The van der Waals surface area contributed by atoms with Crippen molar-refractivity contribution in [1.82, 2.24) is 5.32 Å². The van der Waals surface area contributed by atoms with Gasteiger partial charge in [0.2, 0.25) is 0 Å². The molecule has 2 aromatic rings. The number of carbonyl (C=O) groups excluding carboxylic acids is 2. The average molecular weight is 373 g/mol. The predicted octanol–water partition coefficient (Wildman–Crippen LogP) is 2.25. The number of para-hydroxylation sites is 1. The van der Waals surface area contributed by atoms with E-state index >= 15 is 0 Å². The van der Waals surface area contributed by atoms with E-state index in [9.17, 15) is 9.59 Å². The fourth-order valence-electron chi connectivity index (χ4n) is 2.30. The molecule has 0 saturated heterocycles. The number of amides is 1. The smallest absolute Gasteiger partial charge is 0.344 e. The quantitative estimate of drug-likeness (QED) is 0.679. The molecule has 0 radical (unpaired) electrons. The molecule has 0 spiro atoms. The fourth-order valence-corrected chi connectivity index (χ4v) is 2.30. The van der Waals surface area contributed by atoms with Gasteiger partial charge in [0.05, 0.1) is 14.2 Å². The van der Waals surface area contributed by atoms with Crippen LogP contribution in [0.3, 0.4) is 0 Å². The lowest BCUT2D eigenvalue weighted by molar-refractivity contribution is -0.150. The van der Waals surface area contributed by atoms with Gasteiger partial charge in [-0.3, -0.25) is 4.79 Å². The number of rotatable bonds is 9. The first-order chi connectivity index (χ1) is 13.0. The zero-order chi connectivity index (χ0) is 19.6. The van der Waals surface area contributed by atoms with Gasteiger partial charge in [-0.1, -0.05) is 29.8 Å². The van der Waals surface area contributed by atoms with E-state index in [-0.39, 0.29) is 19.8 Å². The fraction of sp³-hybridized carbons (Fsp3) is 0.300. The van der Waals surface area contributed by atoms with Gasteiger partial charge in [0, 0.05) is 12.1 Å². The maximum atomic E-state index is 11.9. The van der Waals surface area contributed by atoms with E-state index in [2.05, 4.69) is 5.32 Å². The molecule has 2 rings (SSSR count). The van der Waals surface area contributed by atoms with Gasteiger partial charge >= 0.3 is 5.97 Å². The van der Waals surface area contributed by atoms with Crippen molar-refractivity contribution in [3.63, 3.8) is 0 Å². The summed E-state index contributed by atoms with van der Waals surface area (Å²) >= 11 is 0. The summed E-state index contributed by atoms with van der Waals surface area (Å²) in [5.74, 6) is 0.632. The van der Waals surface area contributed by atoms with Crippen LogP contribution in [0.4, 0.5) is 0 Å². The topological polar surface area (TPSA) is 83.1 Å². The Labute approximate surface area is 158 Å². The molecule has 0 fully saturated rings. The molecule has 0 aliphatic heterocycles. The van der Waals surface area contributed by atoms with Crippen LogP contribution in [0.25, 0.3) is 0 Å². The van der Waals surface area contributed by atoms with Gasteiger partial charge in [-0.05, 0) is 25.1 Å². The van der Waals surface area contributed by atoms with Gasteiger partial charge in [-0.15, -0.1) is 0 Å². The first kappa shape index (κ1) is 20.1. The molecule has 0 aliphatic carbocycles. The number of carbonyl (C=O) groups is 2. The van der Waals surface area contributed by atoms with Crippen LogP contribution in [0.1, 0.15) is 11.1 Å². The molecule has 0 heterocycles. The monoisotopic (exact) mass is 373 g/mol. The average Bonchev–Trinajstić information content (AvgIpc) is 2.69. The third-order valence-corrected chi connectivity index (χ3v) is 3.70. The highest BCUT2D eigenvalue weighted by Crippen LogP contribution is 2.30. The van der Waals surface area contributed by atoms with Crippen LogP contribution >= 0.6 is 0 Å². The minimum absolute atomic E-state index is 0.219. The van der Waals surface area contributed by atoms with Gasteiger partial charge in [-0.2, -0.15) is 0 Å². The van der Waals surface area contributed by atoms with E-state index in [1.807, 2.05) is 25.1 Å². The number of esters is 1. The number of nitrogens with one attached hydrogen (secondary N) is 1. The van der Waals surface area contributed by atoms with Crippen molar-refractivity contribution in [3.05, 3.63) is 53.6 Å². The van der Waals surface area contributed by atoms with Crippen LogP contribution in [-0.4, -0.2) is 39.3 Å². The summed E-state index contributed by atoms with van der Waals surface area (Å²) in [5, 5.41) is 2.67. The van der Waals surface area contributed by atoms with Gasteiger partial charge in [0.1, 0.15) is 5.75 Å². The number of aryl methyl sites for hydroxylation is 1. The molecule has 0 aliphatic rings. The predicted molar refractivity (Wildman–Crippen MR) is 99.0 cm³/mol. The second-order valence-corrected chi connectivity index (χ2v) is 5.69. The first-order valence-electron chi connectivity index (χ1n) is 8.35. The maximum absolute atomic E-state index is 11.9. The first-order valence-corrected chi connectivity index (χ1v) is 8.35. The largest absolute Gasteiger partial charge is 0.493 e. The molecule has 1 amide bonds. The van der Waals surface area contributed by atoms with Crippen molar-refractivity contribution in [2.45, 2.75) is 13.5 Å². The molecule has 7 nitrogen and oxygen atoms in total. The van der Waals surface area contributed by atoms with Crippen molar-refractivity contribution < 1.29 is 28.5 Å². The van der Waals surface area contributed by atoms with Crippen LogP contribution in [0, 0.1) is 6.92 Å². The Hall–Kier alpha value is -3.22. The summed E-state index contributed by atoms with van der Waals surface area (Å²) in [4.78, 5) is 23.6. The van der Waals surface area contributed by atoms with Crippen molar-refractivity contribution in [3.8, 4) is 17.2 Å². The molecule has 144 valence electrons. The minimum Gasteiger partial charge on any atom is -0.493 e. The van der Waals surface area contributed by atoms with Crippen LogP contribution in [-0.2, 0) is 20.9 Å². The van der Waals surface area contributed by atoms with Gasteiger partial charge in [0.15, 0.2) is 24.7 Å². The summed E-state index contributed by atoms with van der Waals surface area (Å²) in [5.41, 5.74) is 1.84. The van der Waals surface area contributed by atoms with E-state index in [1.165, 1.54) is 7.11 Å². The number of benzene rings is 2. The molecule has 0 aromatic heterocycles. The molecule has 7 heteroatoms. The summed E-state index contributed by atoms with van der Waals surface area (Å²) in [6.07, 6.45) is 0. The molecule has 0 atom stereocenters. The second kappa shape index (κ2) is 10.1. The lowest BCUT2D eigenvalue weighted by Gasteiger charge is -2.13. The van der Waals surface area contributed by atoms with E-state index in [0.717, 1.165) is 11.1 Å². The van der Waals surface area contributed by atoms with Crippen molar-refractivity contribution in [1.29, 1.82) is 0 Å². The van der Waals surface area contributed by atoms with E-state index in [4.69, 9.17) is 18.9 Å². The number of hydrogen-bond acceptors (Lipinski definition) is 6. The molecule has 0 saturated carbocycles. The third-order valence-electron chi connectivity index (χ3n) is 3.70. The SMILES string of the molecule is COc1cccc(CNC(=O)COC(=O)COc2ccc(C)cc2)c1OC. The van der Waals surface area contributed by atoms with Crippen molar-refractivity contribution in [2.75, 3.05) is 27.4 Å². The van der Waals surface area contributed by atoms with Crippen LogP contribution in [0.5, 0.6) is 17.2 Å². The summed E-state index contributed by atoms with van der Waals surface area (Å²) in [6, 6.07) is 12.6. The molecule has 1 N–H and O–H groups in total. The normalized spacial score (nSPS) is 10.0. The number of ether oxygens (including phenoxy) is 4. The summed E-state index contributed by atoms with van der Waals surface area (Å²) in [6.45, 7) is 1.52. The standard InChI is InChI=1S/C20H23NO6/c1-14-7-9-16(10-8-14)26-13-19(23)27-12-18(22)21-11-15-5-4-6-17(24-2)20(15)25-3/h4-10H,11-13H2,1-3H3,(H,21,22). The Morgan fingerprint density at radius 3 is 2.37 bits per heavy atom. The third kappa shape index (κ3) is 6.22. The minimum atomic E-state index is -0.621. The molecule has 0 unspecified atom stereocenters. The number of methoxy groups -OCH3 is 2. The van der Waals surface area contributed by atoms with Gasteiger partial charge < -0.3 is 24.3 Å². The van der Waals surface area contributed by atoms with Gasteiger partial charge in [-0.25, -0.2) is 4.79 Å². The maximum Gasteiger partial charge on any atom is 0.344 e. The van der Waals surface area contributed by atoms with Gasteiger partial charge in [0.25, 0.3) is 5.91 Å². The number of hydrogen-bond donors (Lipinski definition) is 1. The lowest BCUT2D eigenvalue weighted by Crippen LogP contribution is -2.29. The molecular formula is C20H23NO6. The zero-order valence-electron chi connectivity index (χ0n) is 15.6. The Bertz CT molecular complexity index is 773. The van der Waals surface area contributed by atoms with Crippen LogP contribution in [0.2, 0.25) is 0 Å². The highest BCUT2D eigenvalue weighted by atomic mass is 16.6. The van der Waals surface area contributed by atoms with E-state index in [1.54, 1.807) is 31.4 Å². The highest BCUT2D eigenvalue weighted by Gasteiger charge is 2.12. The van der Waals surface area contributed by atoms with Crippen LogP contribution in [0.15, 0.2) is 42.5 Å². The van der Waals surface area contributed by atoms with E-state index < -0.39 is 11.9 Å². The zero-order valence-corrected chi connectivity index (χ0v) is 15.6. The molecule has 27 heavy (non-hydrogen) atoms. The molecule has 2 aromatic carbocycles. The Morgan fingerprint density at radius 2 is 1.70 bits per heavy atom. The Balaban J connectivity index is 1.74. The van der Waals surface area contributed by atoms with Crippen molar-refractivity contribution >= 4 is 11.9 Å². The highest BCUT2D eigenvalue weighted by molar-refractivity contribution is 5.81. The van der Waals surface area contributed by atoms with Crippen molar-refractivity contribution in [2.24, 2.45) is 0 Å². The lowest BCUT2D eigenvalue weighted by atomic mass is 10.2. The van der Waals surface area contributed by atoms with E-state index in [0.29, 0.717) is 17.2 Å².